The summed E-state index contributed by atoms with van der Waals surface area (Å²) in [6, 6.07) is 6.43. The van der Waals surface area contributed by atoms with E-state index >= 15 is 0 Å². The number of hydrogen-bond donors (Lipinski definition) is 2. The number of hydrogen-bond acceptors (Lipinski definition) is 1. The number of halogens is 1. The van der Waals surface area contributed by atoms with Crippen molar-refractivity contribution >= 4 is 34.6 Å². The van der Waals surface area contributed by atoms with Gasteiger partial charge < -0.3 is 10.6 Å². The van der Waals surface area contributed by atoms with Crippen molar-refractivity contribution in [3.63, 3.8) is 0 Å². The van der Waals surface area contributed by atoms with Gasteiger partial charge in [0.05, 0.1) is 0 Å². The lowest BCUT2D eigenvalue weighted by Gasteiger charge is -2.24. The molecule has 0 aliphatic heterocycles. The molecular weight excluding hydrogens is 264 g/mol. The lowest BCUT2D eigenvalue weighted by Crippen LogP contribution is -2.38. The van der Waals surface area contributed by atoms with Gasteiger partial charge in [0, 0.05) is 16.8 Å². The van der Waals surface area contributed by atoms with E-state index in [1.165, 1.54) is 32.1 Å². The predicted octanol–water partition coefficient (Wildman–Crippen LogP) is 4.27. The maximum atomic E-state index is 6.09. The van der Waals surface area contributed by atoms with Crippen LogP contribution in [0.2, 0.25) is 5.02 Å². The van der Waals surface area contributed by atoms with Crippen molar-refractivity contribution in [2.45, 2.75) is 45.1 Å². The minimum atomic E-state index is 0.527. The van der Waals surface area contributed by atoms with E-state index in [1.807, 2.05) is 25.1 Å². The maximum absolute atomic E-state index is 6.09. The van der Waals surface area contributed by atoms with Crippen molar-refractivity contribution in [3.8, 4) is 0 Å². The second kappa shape index (κ2) is 6.39. The monoisotopic (exact) mass is 282 g/mol. The Morgan fingerprint density at radius 3 is 2.67 bits per heavy atom. The number of anilines is 1. The molecule has 2 rings (SSSR count). The molecule has 2 N–H and O–H groups in total. The normalized spacial score (nSPS) is 16.3. The zero-order valence-corrected chi connectivity index (χ0v) is 12.2. The first-order chi connectivity index (χ1) is 8.65. The highest BCUT2D eigenvalue weighted by molar-refractivity contribution is 7.80. The number of aryl methyl sites for hydroxylation is 1. The van der Waals surface area contributed by atoms with Crippen LogP contribution in [0.4, 0.5) is 5.69 Å². The van der Waals surface area contributed by atoms with Gasteiger partial charge in [0.1, 0.15) is 0 Å². The highest BCUT2D eigenvalue weighted by Crippen LogP contribution is 2.20. The summed E-state index contributed by atoms with van der Waals surface area (Å²) in [6.45, 7) is 1.99. The molecule has 0 spiro atoms. The van der Waals surface area contributed by atoms with Gasteiger partial charge in [-0.3, -0.25) is 0 Å². The molecule has 0 heterocycles. The smallest absolute Gasteiger partial charge is 0.170 e. The Morgan fingerprint density at radius 1 is 1.28 bits per heavy atom. The average molecular weight is 283 g/mol. The Labute approximate surface area is 119 Å². The first kappa shape index (κ1) is 13.6. The van der Waals surface area contributed by atoms with Crippen LogP contribution in [0.25, 0.3) is 0 Å². The molecule has 1 saturated carbocycles. The molecular formula is C14H19ClN2S. The molecule has 1 aromatic carbocycles. The van der Waals surface area contributed by atoms with E-state index in [0.29, 0.717) is 11.2 Å². The fourth-order valence-electron chi connectivity index (χ4n) is 2.27. The average Bonchev–Trinajstić information content (AvgIpc) is 2.35. The highest BCUT2D eigenvalue weighted by atomic mass is 35.5. The Hall–Kier alpha value is -0.800. The van der Waals surface area contributed by atoms with E-state index in [4.69, 9.17) is 23.8 Å². The van der Waals surface area contributed by atoms with Gasteiger partial charge in [-0.1, -0.05) is 36.9 Å². The second-order valence-electron chi connectivity index (χ2n) is 4.90. The summed E-state index contributed by atoms with van der Waals surface area (Å²) >= 11 is 11.4. The molecule has 1 aliphatic carbocycles. The molecule has 2 nitrogen and oxygen atoms in total. The van der Waals surface area contributed by atoms with Crippen molar-refractivity contribution in [3.05, 3.63) is 28.8 Å². The zero-order valence-electron chi connectivity index (χ0n) is 10.6. The van der Waals surface area contributed by atoms with Gasteiger partial charge >= 0.3 is 0 Å². The quantitative estimate of drug-likeness (QED) is 0.792. The van der Waals surface area contributed by atoms with Crippen LogP contribution in [0.15, 0.2) is 18.2 Å². The topological polar surface area (TPSA) is 24.1 Å². The van der Waals surface area contributed by atoms with Crippen LogP contribution in [0, 0.1) is 6.92 Å². The number of thiocarbonyl (C=S) groups is 1. The van der Waals surface area contributed by atoms with Gasteiger partial charge in [0.15, 0.2) is 5.11 Å². The third-order valence-corrected chi connectivity index (χ3v) is 4.00. The number of rotatable bonds is 2. The first-order valence-electron chi connectivity index (χ1n) is 6.49. The van der Waals surface area contributed by atoms with Gasteiger partial charge in [-0.2, -0.15) is 0 Å². The Bertz CT molecular complexity index is 428. The van der Waals surface area contributed by atoms with Crippen LogP contribution in [0.3, 0.4) is 0 Å². The van der Waals surface area contributed by atoms with E-state index in [2.05, 4.69) is 10.6 Å². The van der Waals surface area contributed by atoms with Crippen molar-refractivity contribution in [2.75, 3.05) is 5.32 Å². The summed E-state index contributed by atoms with van der Waals surface area (Å²) in [5.41, 5.74) is 2.02. The third kappa shape index (κ3) is 3.85. The maximum Gasteiger partial charge on any atom is 0.170 e. The van der Waals surface area contributed by atoms with Crippen LogP contribution in [0.1, 0.15) is 37.7 Å². The molecule has 0 amide bonds. The summed E-state index contributed by atoms with van der Waals surface area (Å²) in [5.74, 6) is 0. The van der Waals surface area contributed by atoms with Crippen molar-refractivity contribution < 1.29 is 0 Å². The molecule has 18 heavy (non-hydrogen) atoms. The highest BCUT2D eigenvalue weighted by Gasteiger charge is 2.13. The SMILES string of the molecule is Cc1ccc(NC(=S)NC2CCCCC2)cc1Cl. The van der Waals surface area contributed by atoms with Gasteiger partial charge in [-0.15, -0.1) is 0 Å². The van der Waals surface area contributed by atoms with Crippen molar-refractivity contribution in [1.29, 1.82) is 0 Å². The minimum absolute atomic E-state index is 0.527. The summed E-state index contributed by atoms with van der Waals surface area (Å²) in [6.07, 6.45) is 6.40. The van der Waals surface area contributed by atoms with E-state index in [9.17, 15) is 0 Å². The van der Waals surface area contributed by atoms with E-state index < -0.39 is 0 Å². The lowest BCUT2D eigenvalue weighted by atomic mass is 9.96. The summed E-state index contributed by atoms with van der Waals surface area (Å²) < 4.78 is 0. The van der Waals surface area contributed by atoms with Gasteiger partial charge in [0.2, 0.25) is 0 Å². The molecule has 0 saturated heterocycles. The van der Waals surface area contributed by atoms with Crippen LogP contribution >= 0.6 is 23.8 Å². The molecule has 1 aromatic rings. The largest absolute Gasteiger partial charge is 0.360 e. The van der Waals surface area contributed by atoms with E-state index in [-0.39, 0.29) is 0 Å². The molecule has 0 unspecified atom stereocenters. The van der Waals surface area contributed by atoms with Gasteiger partial charge in [-0.25, -0.2) is 0 Å². The minimum Gasteiger partial charge on any atom is -0.360 e. The second-order valence-corrected chi connectivity index (χ2v) is 5.71. The molecule has 1 aliphatic rings. The molecule has 0 aromatic heterocycles. The van der Waals surface area contributed by atoms with Crippen LogP contribution in [-0.2, 0) is 0 Å². The standard InChI is InChI=1S/C14H19ClN2S/c1-10-7-8-12(9-13(10)15)17-14(18)16-11-5-3-2-4-6-11/h7-9,11H,2-6H2,1H3,(H2,16,17,18). The molecule has 0 atom stereocenters. The van der Waals surface area contributed by atoms with Gasteiger partial charge in [-0.05, 0) is 49.7 Å². The fourth-order valence-corrected chi connectivity index (χ4v) is 2.74. The van der Waals surface area contributed by atoms with Crippen molar-refractivity contribution in [1.82, 2.24) is 5.32 Å². The molecule has 4 heteroatoms. The first-order valence-corrected chi connectivity index (χ1v) is 7.27. The fraction of sp³-hybridized carbons (Fsp3) is 0.500. The summed E-state index contributed by atoms with van der Waals surface area (Å²) in [7, 11) is 0. The Kier molecular flexibility index (Phi) is 4.84. The van der Waals surface area contributed by atoms with E-state index in [0.717, 1.165) is 16.3 Å². The van der Waals surface area contributed by atoms with Crippen LogP contribution in [-0.4, -0.2) is 11.2 Å². The molecule has 1 fully saturated rings. The van der Waals surface area contributed by atoms with Crippen molar-refractivity contribution in [2.24, 2.45) is 0 Å². The van der Waals surface area contributed by atoms with Crippen LogP contribution < -0.4 is 10.6 Å². The summed E-state index contributed by atoms with van der Waals surface area (Å²) in [4.78, 5) is 0. The van der Waals surface area contributed by atoms with Crippen LogP contribution in [0.5, 0.6) is 0 Å². The Balaban J connectivity index is 1.88. The number of nitrogens with one attached hydrogen (secondary N) is 2. The van der Waals surface area contributed by atoms with Gasteiger partial charge in [0.25, 0.3) is 0 Å². The lowest BCUT2D eigenvalue weighted by molar-refractivity contribution is 0.415. The molecule has 0 radical (unpaired) electrons. The number of benzene rings is 1. The molecule has 98 valence electrons. The Morgan fingerprint density at radius 2 is 2.00 bits per heavy atom. The summed E-state index contributed by atoms with van der Waals surface area (Å²) in [5, 5.41) is 8.03. The zero-order chi connectivity index (χ0) is 13.0. The third-order valence-electron chi connectivity index (χ3n) is 3.37. The molecule has 0 bridgehead atoms. The predicted molar refractivity (Wildman–Crippen MR) is 82.4 cm³/mol. The van der Waals surface area contributed by atoms with E-state index in [1.54, 1.807) is 0 Å².